The number of aliphatic hydroxyl groups is 1. The first-order valence-electron chi connectivity index (χ1n) is 19.2. The first kappa shape index (κ1) is 35.1. The number of hydrogen-bond acceptors (Lipinski definition) is 8. The van der Waals surface area contributed by atoms with Gasteiger partial charge in [-0.25, -0.2) is 14.4 Å². The van der Waals surface area contributed by atoms with Crippen LogP contribution in [0.2, 0.25) is 0 Å². The van der Waals surface area contributed by atoms with Crippen LogP contribution in [0.15, 0.2) is 42.7 Å². The number of aliphatic hydroxyl groups excluding tert-OH is 1. The van der Waals surface area contributed by atoms with E-state index in [0.29, 0.717) is 54.7 Å². The van der Waals surface area contributed by atoms with Crippen LogP contribution in [0, 0.1) is 12.7 Å². The molecule has 4 aliphatic rings. The third-order valence-electron chi connectivity index (χ3n) is 11.9. The molecule has 0 radical (unpaired) electrons. The lowest BCUT2D eigenvalue weighted by molar-refractivity contribution is -0.127. The number of carbonyl (C=O) groups excluding carboxylic acids is 1. The Kier molecular flexibility index (Phi) is 9.34. The molecule has 276 valence electrons. The SMILES string of the molecule is Cc1cc(F)c(Nc2nc(-c3ccc4c(c3)N([C@H]3C[C@@H](N5CCCCC5)C3)C(=O)C43CCOCC3)cc3ncn(C(C)C)c23)cc1C(O)NC(C)C. The van der Waals surface area contributed by atoms with Crippen LogP contribution in [0.4, 0.5) is 21.6 Å². The Morgan fingerprint density at radius 1 is 1.00 bits per heavy atom. The van der Waals surface area contributed by atoms with Crippen molar-refractivity contribution in [3.63, 3.8) is 0 Å². The van der Waals surface area contributed by atoms with Crippen molar-refractivity contribution in [3.05, 3.63) is 65.2 Å². The van der Waals surface area contributed by atoms with Crippen LogP contribution in [0.3, 0.4) is 0 Å². The fourth-order valence-corrected chi connectivity index (χ4v) is 8.97. The zero-order valence-corrected chi connectivity index (χ0v) is 31.1. The van der Waals surface area contributed by atoms with E-state index in [2.05, 4.69) is 52.5 Å². The van der Waals surface area contributed by atoms with Crippen molar-refractivity contribution in [2.75, 3.05) is 36.5 Å². The largest absolute Gasteiger partial charge is 0.381 e. The topological polar surface area (TPSA) is 108 Å². The first-order chi connectivity index (χ1) is 25.0. The van der Waals surface area contributed by atoms with Gasteiger partial charge < -0.3 is 29.5 Å². The number of nitrogens with zero attached hydrogens (tertiary/aromatic N) is 5. The van der Waals surface area contributed by atoms with Gasteiger partial charge in [0, 0.05) is 54.2 Å². The van der Waals surface area contributed by atoms with Crippen molar-refractivity contribution in [2.45, 2.75) is 115 Å². The van der Waals surface area contributed by atoms with Gasteiger partial charge >= 0.3 is 0 Å². The number of carbonyl (C=O) groups is 1. The monoisotopic (exact) mass is 709 g/mol. The Morgan fingerprint density at radius 2 is 1.75 bits per heavy atom. The Hall–Kier alpha value is -3.90. The number of pyridine rings is 1. The molecular weight excluding hydrogens is 657 g/mol. The molecule has 1 unspecified atom stereocenters. The molecule has 2 aromatic carbocycles. The molecule has 5 heterocycles. The van der Waals surface area contributed by atoms with Gasteiger partial charge in [-0.3, -0.25) is 10.1 Å². The van der Waals surface area contributed by atoms with E-state index in [1.807, 2.05) is 24.5 Å². The highest BCUT2D eigenvalue weighted by atomic mass is 19.1. The number of likely N-dealkylation sites (tertiary alicyclic amines) is 1. The fraction of sp³-hybridized carbons (Fsp3) is 0.537. The number of imidazole rings is 1. The fourth-order valence-electron chi connectivity index (χ4n) is 8.97. The predicted molar refractivity (Wildman–Crippen MR) is 202 cm³/mol. The highest BCUT2D eigenvalue weighted by Crippen LogP contribution is 2.52. The number of fused-ring (bicyclic) bond motifs is 3. The Bertz CT molecular complexity index is 1970. The first-order valence-corrected chi connectivity index (χ1v) is 19.2. The number of rotatable bonds is 9. The number of aromatic nitrogens is 3. The van der Waals surface area contributed by atoms with Crippen molar-refractivity contribution in [1.82, 2.24) is 24.8 Å². The average molecular weight is 710 g/mol. The summed E-state index contributed by atoms with van der Waals surface area (Å²) in [6, 6.07) is 12.3. The number of amides is 1. The summed E-state index contributed by atoms with van der Waals surface area (Å²) in [6.45, 7) is 13.3. The van der Waals surface area contributed by atoms with Crippen LogP contribution < -0.4 is 15.5 Å². The van der Waals surface area contributed by atoms with E-state index in [1.165, 1.54) is 25.3 Å². The molecule has 2 aromatic heterocycles. The third kappa shape index (κ3) is 6.09. The van der Waals surface area contributed by atoms with Gasteiger partial charge in [-0.15, -0.1) is 0 Å². The maximum absolute atomic E-state index is 15.7. The molecule has 0 bridgehead atoms. The molecule has 3 aliphatic heterocycles. The highest BCUT2D eigenvalue weighted by molar-refractivity contribution is 6.09. The van der Waals surface area contributed by atoms with Crippen molar-refractivity contribution >= 4 is 34.1 Å². The van der Waals surface area contributed by atoms with Crippen LogP contribution in [-0.4, -0.2) is 74.9 Å². The highest BCUT2D eigenvalue weighted by Gasteiger charge is 2.55. The molecule has 52 heavy (non-hydrogen) atoms. The van der Waals surface area contributed by atoms with Crippen molar-refractivity contribution in [3.8, 4) is 11.3 Å². The number of piperidine rings is 1. The number of aryl methyl sites for hydroxylation is 1. The van der Waals surface area contributed by atoms with Gasteiger partial charge in [0.15, 0.2) is 5.82 Å². The summed E-state index contributed by atoms with van der Waals surface area (Å²) >= 11 is 0. The molecule has 1 aliphatic carbocycles. The van der Waals surface area contributed by atoms with E-state index in [4.69, 9.17) is 14.7 Å². The van der Waals surface area contributed by atoms with Crippen LogP contribution in [0.25, 0.3) is 22.3 Å². The van der Waals surface area contributed by atoms with E-state index in [-0.39, 0.29) is 29.7 Å². The van der Waals surface area contributed by atoms with E-state index in [0.717, 1.165) is 53.8 Å². The minimum absolute atomic E-state index is 0.0366. The second kappa shape index (κ2) is 13.8. The molecule has 8 rings (SSSR count). The number of anilines is 3. The Balaban J connectivity index is 1.19. The molecule has 10 nitrogen and oxygen atoms in total. The maximum Gasteiger partial charge on any atom is 0.238 e. The van der Waals surface area contributed by atoms with Crippen molar-refractivity contribution in [1.29, 1.82) is 0 Å². The minimum Gasteiger partial charge on any atom is -0.381 e. The molecule has 4 aromatic rings. The van der Waals surface area contributed by atoms with Gasteiger partial charge in [0.1, 0.15) is 17.6 Å². The standard InChI is InChI=1S/C41H52FN7O3/c1-24(2)44-39(50)30-21-34(32(42)17-26(30)5)46-38-37-35(43-23-48(37)25(3)4)22-33(45-38)27-9-10-31-36(18-27)49(40(51)41(31)11-15-52-16-12-41)29-19-28(20-29)47-13-7-6-8-14-47/h9-10,17-18,21-25,28-29,39,44,50H,6-8,11-16,19-20H2,1-5H3,(H,45,46)/t28-,29+,39?. The van der Waals surface area contributed by atoms with Crippen molar-refractivity contribution < 1.29 is 19.0 Å². The number of halogens is 1. The van der Waals surface area contributed by atoms with Crippen molar-refractivity contribution in [2.24, 2.45) is 0 Å². The Labute approximate surface area is 305 Å². The van der Waals surface area contributed by atoms with E-state index in [1.54, 1.807) is 19.3 Å². The molecule has 3 N–H and O–H groups in total. The van der Waals surface area contributed by atoms with E-state index >= 15 is 4.39 Å². The normalized spacial score (nSPS) is 22.4. The molecule has 1 amide bonds. The zero-order valence-electron chi connectivity index (χ0n) is 31.1. The van der Waals surface area contributed by atoms with Gasteiger partial charge in [0.05, 0.1) is 28.6 Å². The van der Waals surface area contributed by atoms with Gasteiger partial charge in [0.25, 0.3) is 0 Å². The smallest absolute Gasteiger partial charge is 0.238 e. The van der Waals surface area contributed by atoms with E-state index in [9.17, 15) is 9.90 Å². The van der Waals surface area contributed by atoms with E-state index < -0.39 is 17.5 Å². The molecule has 11 heteroatoms. The lowest BCUT2D eigenvalue weighted by Gasteiger charge is -2.48. The summed E-state index contributed by atoms with van der Waals surface area (Å²) < 4.78 is 23.5. The summed E-state index contributed by atoms with van der Waals surface area (Å²) in [7, 11) is 0. The second-order valence-corrected chi connectivity index (χ2v) is 16.0. The number of hydrogen-bond donors (Lipinski definition) is 3. The lowest BCUT2D eigenvalue weighted by atomic mass is 9.75. The predicted octanol–water partition coefficient (Wildman–Crippen LogP) is 7.27. The van der Waals surface area contributed by atoms with Gasteiger partial charge in [-0.05, 0) is 122 Å². The summed E-state index contributed by atoms with van der Waals surface area (Å²) in [5.74, 6) is 0.244. The third-order valence-corrected chi connectivity index (χ3v) is 11.9. The van der Waals surface area contributed by atoms with Gasteiger partial charge in [0.2, 0.25) is 5.91 Å². The summed E-state index contributed by atoms with van der Waals surface area (Å²) in [5.41, 5.74) is 6.02. The van der Waals surface area contributed by atoms with Crippen LogP contribution >= 0.6 is 0 Å². The van der Waals surface area contributed by atoms with Gasteiger partial charge in [-0.2, -0.15) is 0 Å². The van der Waals surface area contributed by atoms with Gasteiger partial charge in [-0.1, -0.05) is 18.6 Å². The van der Waals surface area contributed by atoms with Crippen LogP contribution in [0.1, 0.15) is 102 Å². The quantitative estimate of drug-likeness (QED) is 0.156. The van der Waals surface area contributed by atoms with Crippen LogP contribution in [-0.2, 0) is 14.9 Å². The maximum atomic E-state index is 15.7. The lowest BCUT2D eigenvalue weighted by Crippen LogP contribution is -2.57. The molecule has 2 saturated heterocycles. The average Bonchev–Trinajstić information content (AvgIpc) is 3.64. The molecule has 1 atom stereocenters. The second-order valence-electron chi connectivity index (χ2n) is 16.0. The summed E-state index contributed by atoms with van der Waals surface area (Å²) in [4.78, 5) is 29.2. The molecule has 3 fully saturated rings. The molecule has 1 spiro atoms. The summed E-state index contributed by atoms with van der Waals surface area (Å²) in [6.07, 6.45) is 8.05. The molecular formula is C41H52FN7O3. The Morgan fingerprint density at radius 3 is 2.46 bits per heavy atom. The zero-order chi connectivity index (χ0) is 36.3. The number of ether oxygens (including phenoxy) is 1. The number of nitrogens with one attached hydrogen (secondary N) is 2. The van der Waals surface area contributed by atoms with Crippen LogP contribution in [0.5, 0.6) is 0 Å². The minimum atomic E-state index is -0.955. The summed E-state index contributed by atoms with van der Waals surface area (Å²) in [5, 5.41) is 17.3. The number of benzene rings is 2. The molecule has 1 saturated carbocycles.